The van der Waals surface area contributed by atoms with Crippen molar-refractivity contribution >= 4 is 22.7 Å². The van der Waals surface area contributed by atoms with Crippen LogP contribution >= 0.6 is 22.7 Å². The molecule has 0 aliphatic carbocycles. The van der Waals surface area contributed by atoms with Crippen LogP contribution in [0.25, 0.3) is 9.88 Å². The van der Waals surface area contributed by atoms with Gasteiger partial charge in [0.15, 0.2) is 0 Å². The van der Waals surface area contributed by atoms with E-state index in [4.69, 9.17) is 0 Å². The van der Waals surface area contributed by atoms with Crippen molar-refractivity contribution in [3.8, 4) is 9.88 Å². The topological polar surface area (TPSA) is 12.9 Å². The fraction of sp³-hybridized carbons (Fsp3) is 0.500. The van der Waals surface area contributed by atoms with Crippen LogP contribution < -0.4 is 0 Å². The van der Waals surface area contributed by atoms with Crippen molar-refractivity contribution < 1.29 is 0 Å². The van der Waals surface area contributed by atoms with Gasteiger partial charge in [-0.3, -0.25) is 0 Å². The molecule has 0 radical (unpaired) electrons. The monoisotopic (exact) mass is 265 g/mol. The SMILES string of the molecule is CCCCCCCc1cnc(-c2cccs2)s1. The molecule has 92 valence electrons. The van der Waals surface area contributed by atoms with E-state index >= 15 is 0 Å². The number of rotatable bonds is 7. The normalized spacial score (nSPS) is 10.9. The highest BCUT2D eigenvalue weighted by Crippen LogP contribution is 2.29. The number of thiazole rings is 1. The molecule has 0 aromatic carbocycles. The van der Waals surface area contributed by atoms with Crippen molar-refractivity contribution in [2.24, 2.45) is 0 Å². The molecule has 2 rings (SSSR count). The first-order chi connectivity index (χ1) is 8.40. The van der Waals surface area contributed by atoms with E-state index in [0.29, 0.717) is 0 Å². The van der Waals surface area contributed by atoms with Crippen LogP contribution in [0.5, 0.6) is 0 Å². The third-order valence-electron chi connectivity index (χ3n) is 2.81. The second-order valence-corrected chi connectivity index (χ2v) is 6.34. The fourth-order valence-electron chi connectivity index (χ4n) is 1.84. The molecule has 0 amide bonds. The van der Waals surface area contributed by atoms with Crippen molar-refractivity contribution in [2.45, 2.75) is 45.4 Å². The Bertz CT molecular complexity index is 417. The number of aromatic nitrogens is 1. The van der Waals surface area contributed by atoms with Crippen LogP contribution in [0.2, 0.25) is 0 Å². The Balaban J connectivity index is 1.79. The smallest absolute Gasteiger partial charge is 0.133 e. The molecule has 0 fully saturated rings. The van der Waals surface area contributed by atoms with Crippen LogP contribution in [-0.2, 0) is 6.42 Å². The zero-order valence-corrected chi connectivity index (χ0v) is 11.9. The van der Waals surface area contributed by atoms with Crippen LogP contribution in [-0.4, -0.2) is 4.98 Å². The Kier molecular flexibility index (Phi) is 5.20. The van der Waals surface area contributed by atoms with Gasteiger partial charge in [-0.1, -0.05) is 38.7 Å². The van der Waals surface area contributed by atoms with E-state index in [1.165, 1.54) is 53.3 Å². The van der Waals surface area contributed by atoms with Gasteiger partial charge in [0, 0.05) is 11.1 Å². The molecule has 17 heavy (non-hydrogen) atoms. The maximum absolute atomic E-state index is 4.50. The standard InChI is InChI=1S/C14H19NS2/c1-2-3-4-5-6-8-12-11-15-14(17-12)13-9-7-10-16-13/h7,9-11H,2-6,8H2,1H3. The number of nitrogens with zero attached hydrogens (tertiary/aromatic N) is 1. The summed E-state index contributed by atoms with van der Waals surface area (Å²) in [5.41, 5.74) is 0. The molecule has 0 aliphatic heterocycles. The van der Waals surface area contributed by atoms with Gasteiger partial charge in [-0.15, -0.1) is 22.7 Å². The van der Waals surface area contributed by atoms with Gasteiger partial charge in [-0.05, 0) is 24.3 Å². The van der Waals surface area contributed by atoms with Crippen molar-refractivity contribution in [2.75, 3.05) is 0 Å². The highest BCUT2D eigenvalue weighted by atomic mass is 32.1. The lowest BCUT2D eigenvalue weighted by atomic mass is 10.1. The zero-order valence-electron chi connectivity index (χ0n) is 10.3. The minimum absolute atomic E-state index is 1.18. The molecule has 0 bridgehead atoms. The summed E-state index contributed by atoms with van der Waals surface area (Å²) >= 11 is 3.63. The summed E-state index contributed by atoms with van der Waals surface area (Å²) in [4.78, 5) is 7.24. The quantitative estimate of drug-likeness (QED) is 0.612. The Morgan fingerprint density at radius 3 is 2.82 bits per heavy atom. The van der Waals surface area contributed by atoms with E-state index < -0.39 is 0 Å². The molecular formula is C14H19NS2. The molecule has 2 aromatic rings. The third kappa shape index (κ3) is 3.93. The van der Waals surface area contributed by atoms with Gasteiger partial charge in [0.2, 0.25) is 0 Å². The van der Waals surface area contributed by atoms with Gasteiger partial charge >= 0.3 is 0 Å². The third-order valence-corrected chi connectivity index (χ3v) is 4.91. The summed E-state index contributed by atoms with van der Waals surface area (Å²) in [6, 6.07) is 4.24. The molecule has 0 saturated heterocycles. The first kappa shape index (κ1) is 12.8. The van der Waals surface area contributed by atoms with Gasteiger partial charge in [-0.25, -0.2) is 4.98 Å². The van der Waals surface area contributed by atoms with Crippen LogP contribution in [0.1, 0.15) is 43.9 Å². The van der Waals surface area contributed by atoms with Crippen molar-refractivity contribution in [3.05, 3.63) is 28.6 Å². The second-order valence-electron chi connectivity index (χ2n) is 4.27. The lowest BCUT2D eigenvalue weighted by Crippen LogP contribution is -1.81. The molecule has 2 heterocycles. The molecule has 0 atom stereocenters. The minimum atomic E-state index is 1.18. The van der Waals surface area contributed by atoms with Gasteiger partial charge in [0.05, 0.1) is 4.88 Å². The number of hydrogen-bond donors (Lipinski definition) is 0. The predicted octanol–water partition coefficient (Wildman–Crippen LogP) is 5.38. The van der Waals surface area contributed by atoms with Crippen molar-refractivity contribution in [1.82, 2.24) is 4.98 Å². The number of unbranched alkanes of at least 4 members (excludes halogenated alkanes) is 4. The van der Waals surface area contributed by atoms with Gasteiger partial charge in [0.25, 0.3) is 0 Å². The van der Waals surface area contributed by atoms with E-state index in [1.807, 2.05) is 11.3 Å². The van der Waals surface area contributed by atoms with E-state index in [2.05, 4.69) is 35.6 Å². The molecule has 0 saturated carbocycles. The molecule has 1 nitrogen and oxygen atoms in total. The molecular weight excluding hydrogens is 246 g/mol. The van der Waals surface area contributed by atoms with Crippen LogP contribution in [0.3, 0.4) is 0 Å². The summed E-state index contributed by atoms with van der Waals surface area (Å²) in [7, 11) is 0. The Labute approximate surface area is 112 Å². The lowest BCUT2D eigenvalue weighted by molar-refractivity contribution is 0.634. The van der Waals surface area contributed by atoms with Crippen LogP contribution in [0.4, 0.5) is 0 Å². The number of aryl methyl sites for hydroxylation is 1. The number of hydrogen-bond acceptors (Lipinski definition) is 3. The maximum atomic E-state index is 4.50. The molecule has 0 N–H and O–H groups in total. The predicted molar refractivity (Wildman–Crippen MR) is 77.9 cm³/mol. The number of thiophene rings is 1. The highest BCUT2D eigenvalue weighted by Gasteiger charge is 2.05. The van der Waals surface area contributed by atoms with Crippen molar-refractivity contribution in [1.29, 1.82) is 0 Å². The average Bonchev–Trinajstić information content (AvgIpc) is 2.99. The summed E-state index contributed by atoms with van der Waals surface area (Å²) in [6.07, 6.45) is 10.0. The minimum Gasteiger partial charge on any atom is -0.243 e. The summed E-state index contributed by atoms with van der Waals surface area (Å²) in [6.45, 7) is 2.26. The molecule has 0 spiro atoms. The Morgan fingerprint density at radius 1 is 1.18 bits per heavy atom. The average molecular weight is 265 g/mol. The largest absolute Gasteiger partial charge is 0.243 e. The molecule has 0 aliphatic rings. The van der Waals surface area contributed by atoms with Gasteiger partial charge in [0.1, 0.15) is 5.01 Å². The van der Waals surface area contributed by atoms with Crippen molar-refractivity contribution in [3.63, 3.8) is 0 Å². The van der Waals surface area contributed by atoms with Gasteiger partial charge < -0.3 is 0 Å². The molecule has 0 unspecified atom stereocenters. The summed E-state index contributed by atoms with van der Waals surface area (Å²) < 4.78 is 0. The Hall–Kier alpha value is -0.670. The second kappa shape index (κ2) is 6.92. The first-order valence-electron chi connectivity index (χ1n) is 6.38. The van der Waals surface area contributed by atoms with E-state index in [9.17, 15) is 0 Å². The highest BCUT2D eigenvalue weighted by molar-refractivity contribution is 7.20. The fourth-order valence-corrected chi connectivity index (χ4v) is 3.60. The Morgan fingerprint density at radius 2 is 2.06 bits per heavy atom. The van der Waals surface area contributed by atoms with E-state index in [0.717, 1.165) is 0 Å². The lowest BCUT2D eigenvalue weighted by Gasteiger charge is -1.97. The molecule has 2 aromatic heterocycles. The maximum Gasteiger partial charge on any atom is 0.133 e. The first-order valence-corrected chi connectivity index (χ1v) is 8.08. The van der Waals surface area contributed by atoms with Crippen LogP contribution in [0.15, 0.2) is 23.7 Å². The summed E-state index contributed by atoms with van der Waals surface area (Å²) in [5, 5.41) is 3.30. The van der Waals surface area contributed by atoms with E-state index in [-0.39, 0.29) is 0 Å². The van der Waals surface area contributed by atoms with Crippen LogP contribution in [0, 0.1) is 0 Å². The van der Waals surface area contributed by atoms with E-state index in [1.54, 1.807) is 11.3 Å². The summed E-state index contributed by atoms with van der Waals surface area (Å²) in [5.74, 6) is 0. The van der Waals surface area contributed by atoms with Gasteiger partial charge in [-0.2, -0.15) is 0 Å². The molecule has 3 heteroatoms. The zero-order chi connectivity index (χ0) is 11.9.